The molecule has 2 aromatic heterocycles. The van der Waals surface area contributed by atoms with Crippen molar-refractivity contribution in [2.45, 2.75) is 25.9 Å². The second kappa shape index (κ2) is 7.08. The third-order valence-corrected chi connectivity index (χ3v) is 5.16. The van der Waals surface area contributed by atoms with E-state index >= 15 is 0 Å². The maximum Gasteiger partial charge on any atom is 0.305 e. The molecule has 0 radical (unpaired) electrons. The van der Waals surface area contributed by atoms with Gasteiger partial charge in [-0.1, -0.05) is 11.6 Å². The number of amides is 1. The summed E-state index contributed by atoms with van der Waals surface area (Å²) in [5.74, 6) is 0.539. The van der Waals surface area contributed by atoms with Crippen molar-refractivity contribution in [1.82, 2.24) is 19.4 Å². The van der Waals surface area contributed by atoms with E-state index < -0.39 is 0 Å². The maximum absolute atomic E-state index is 13.0. The van der Waals surface area contributed by atoms with Gasteiger partial charge in [-0.2, -0.15) is 0 Å². The summed E-state index contributed by atoms with van der Waals surface area (Å²) in [6.07, 6.45) is 4.40. The third-order valence-electron chi connectivity index (χ3n) is 4.92. The van der Waals surface area contributed by atoms with E-state index in [0.717, 1.165) is 22.4 Å². The lowest BCUT2D eigenvalue weighted by atomic mass is 10.1. The molecule has 0 fully saturated rings. The number of fused-ring (bicyclic) bond motifs is 2. The van der Waals surface area contributed by atoms with E-state index in [1.807, 2.05) is 6.07 Å². The third kappa shape index (κ3) is 3.30. The Morgan fingerprint density at radius 3 is 3.00 bits per heavy atom. The zero-order chi connectivity index (χ0) is 19.0. The number of ether oxygens (including phenoxy) is 1. The van der Waals surface area contributed by atoms with Crippen LogP contribution in [0.25, 0.3) is 10.9 Å². The van der Waals surface area contributed by atoms with Crippen molar-refractivity contribution in [2.75, 3.05) is 13.7 Å². The van der Waals surface area contributed by atoms with Crippen molar-refractivity contribution in [3.63, 3.8) is 0 Å². The molecule has 3 heterocycles. The monoisotopic (exact) mass is 386 g/mol. The average molecular weight is 387 g/mol. The van der Waals surface area contributed by atoms with Crippen molar-refractivity contribution in [1.29, 1.82) is 0 Å². The topological polar surface area (TPSA) is 80.2 Å². The Morgan fingerprint density at radius 2 is 2.19 bits per heavy atom. The number of aromatic amines is 1. The molecule has 1 aromatic carbocycles. The summed E-state index contributed by atoms with van der Waals surface area (Å²) >= 11 is 6.09. The van der Waals surface area contributed by atoms with Gasteiger partial charge in [-0.3, -0.25) is 9.59 Å². The van der Waals surface area contributed by atoms with E-state index in [0.29, 0.717) is 43.1 Å². The highest BCUT2D eigenvalue weighted by molar-refractivity contribution is 6.31. The number of imidazole rings is 1. The molecule has 7 nitrogen and oxygen atoms in total. The molecule has 27 heavy (non-hydrogen) atoms. The van der Waals surface area contributed by atoms with Gasteiger partial charge < -0.3 is 19.2 Å². The predicted octanol–water partition coefficient (Wildman–Crippen LogP) is 2.78. The first-order valence-electron chi connectivity index (χ1n) is 8.73. The van der Waals surface area contributed by atoms with Gasteiger partial charge in [0, 0.05) is 47.1 Å². The second-order valence-electron chi connectivity index (χ2n) is 6.51. The van der Waals surface area contributed by atoms with Crippen molar-refractivity contribution in [2.24, 2.45) is 0 Å². The van der Waals surface area contributed by atoms with Gasteiger partial charge in [-0.15, -0.1) is 0 Å². The van der Waals surface area contributed by atoms with Crippen LogP contribution >= 0.6 is 11.6 Å². The highest BCUT2D eigenvalue weighted by atomic mass is 35.5. The fraction of sp³-hybridized carbons (Fsp3) is 0.316. The number of aromatic nitrogens is 3. The first kappa shape index (κ1) is 17.6. The molecule has 0 aliphatic carbocycles. The van der Waals surface area contributed by atoms with Crippen molar-refractivity contribution in [3.05, 3.63) is 52.7 Å². The summed E-state index contributed by atoms with van der Waals surface area (Å²) in [7, 11) is 1.38. The molecule has 4 rings (SSSR count). The molecular weight excluding hydrogens is 368 g/mol. The van der Waals surface area contributed by atoms with Crippen LogP contribution in [0.1, 0.15) is 28.3 Å². The molecule has 1 aliphatic heterocycles. The lowest BCUT2D eigenvalue weighted by molar-refractivity contribution is -0.140. The van der Waals surface area contributed by atoms with Gasteiger partial charge in [0.05, 0.1) is 25.6 Å². The van der Waals surface area contributed by atoms with Crippen LogP contribution in [-0.4, -0.2) is 45.0 Å². The number of nitrogens with one attached hydrogen (secondary N) is 1. The fourth-order valence-corrected chi connectivity index (χ4v) is 3.64. The van der Waals surface area contributed by atoms with E-state index in [1.165, 1.54) is 7.11 Å². The smallest absolute Gasteiger partial charge is 0.305 e. The summed E-state index contributed by atoms with van der Waals surface area (Å²) < 4.78 is 6.77. The number of carbonyl (C=O) groups excluding carboxylic acids is 2. The molecule has 0 spiro atoms. The Kier molecular flexibility index (Phi) is 4.61. The SMILES string of the molecule is COC(=O)CCc1cnc2n1CCN(C(=O)c1c[nH]c3ccc(Cl)cc13)C2. The fourth-order valence-electron chi connectivity index (χ4n) is 3.47. The second-order valence-corrected chi connectivity index (χ2v) is 6.95. The minimum atomic E-state index is -0.240. The van der Waals surface area contributed by atoms with E-state index in [1.54, 1.807) is 29.4 Å². The number of H-pyrrole nitrogens is 1. The predicted molar refractivity (Wildman–Crippen MR) is 101 cm³/mol. The van der Waals surface area contributed by atoms with E-state index in [4.69, 9.17) is 16.3 Å². The number of hydrogen-bond acceptors (Lipinski definition) is 4. The summed E-state index contributed by atoms with van der Waals surface area (Å²) in [6.45, 7) is 1.67. The van der Waals surface area contributed by atoms with Crippen molar-refractivity contribution >= 4 is 34.4 Å². The molecule has 1 aliphatic rings. The molecule has 0 saturated carbocycles. The highest BCUT2D eigenvalue weighted by Gasteiger charge is 2.26. The summed E-state index contributed by atoms with van der Waals surface area (Å²) in [4.78, 5) is 33.7. The van der Waals surface area contributed by atoms with Crippen LogP contribution in [0, 0.1) is 0 Å². The zero-order valence-corrected chi connectivity index (χ0v) is 15.6. The van der Waals surface area contributed by atoms with Crippen molar-refractivity contribution < 1.29 is 14.3 Å². The molecule has 3 aromatic rings. The average Bonchev–Trinajstić information content (AvgIpc) is 3.28. The van der Waals surface area contributed by atoms with Crippen LogP contribution in [0.3, 0.4) is 0 Å². The lowest BCUT2D eigenvalue weighted by Crippen LogP contribution is -2.38. The Labute approximate surface area is 160 Å². The first-order chi connectivity index (χ1) is 13.1. The van der Waals surface area contributed by atoms with Gasteiger partial charge in [0.25, 0.3) is 5.91 Å². The molecule has 140 valence electrons. The Bertz CT molecular complexity index is 1020. The number of methoxy groups -OCH3 is 1. The Balaban J connectivity index is 1.52. The quantitative estimate of drug-likeness (QED) is 0.699. The number of rotatable bonds is 4. The number of nitrogens with zero attached hydrogens (tertiary/aromatic N) is 3. The van der Waals surface area contributed by atoms with Crippen LogP contribution < -0.4 is 0 Å². The molecule has 1 N–H and O–H groups in total. The number of aryl methyl sites for hydroxylation is 1. The van der Waals surface area contributed by atoms with E-state index in [9.17, 15) is 9.59 Å². The van der Waals surface area contributed by atoms with Crippen LogP contribution in [0.4, 0.5) is 0 Å². The van der Waals surface area contributed by atoms with Gasteiger partial charge in [-0.25, -0.2) is 4.98 Å². The molecule has 0 bridgehead atoms. The summed E-state index contributed by atoms with van der Waals surface area (Å²) in [5.41, 5.74) is 2.48. The largest absolute Gasteiger partial charge is 0.469 e. The van der Waals surface area contributed by atoms with Crippen LogP contribution in [0.5, 0.6) is 0 Å². The van der Waals surface area contributed by atoms with E-state index in [2.05, 4.69) is 14.5 Å². The Hall–Kier alpha value is -2.80. The van der Waals surface area contributed by atoms with Gasteiger partial charge in [0.1, 0.15) is 5.82 Å². The maximum atomic E-state index is 13.0. The normalized spacial score (nSPS) is 13.6. The number of carbonyl (C=O) groups is 2. The molecule has 8 heteroatoms. The lowest BCUT2D eigenvalue weighted by Gasteiger charge is -2.28. The van der Waals surface area contributed by atoms with Crippen molar-refractivity contribution in [3.8, 4) is 0 Å². The molecule has 1 amide bonds. The van der Waals surface area contributed by atoms with Gasteiger partial charge in [0.15, 0.2) is 0 Å². The minimum absolute atomic E-state index is 0.0473. The van der Waals surface area contributed by atoms with Gasteiger partial charge >= 0.3 is 5.97 Å². The van der Waals surface area contributed by atoms with Crippen LogP contribution in [-0.2, 0) is 29.0 Å². The molecule has 0 atom stereocenters. The number of halogens is 1. The molecule has 0 unspecified atom stereocenters. The number of benzene rings is 1. The van der Waals surface area contributed by atoms with Crippen LogP contribution in [0.2, 0.25) is 5.02 Å². The van der Waals surface area contributed by atoms with Crippen LogP contribution in [0.15, 0.2) is 30.6 Å². The van der Waals surface area contributed by atoms with E-state index in [-0.39, 0.29) is 11.9 Å². The number of hydrogen-bond donors (Lipinski definition) is 1. The highest BCUT2D eigenvalue weighted by Crippen LogP contribution is 2.25. The molecular formula is C19H19ClN4O3. The molecule has 0 saturated heterocycles. The zero-order valence-electron chi connectivity index (χ0n) is 14.9. The first-order valence-corrected chi connectivity index (χ1v) is 9.10. The summed E-state index contributed by atoms with van der Waals surface area (Å²) in [5, 5.41) is 1.42. The number of esters is 1. The van der Waals surface area contributed by atoms with Gasteiger partial charge in [-0.05, 0) is 24.6 Å². The summed E-state index contributed by atoms with van der Waals surface area (Å²) in [6, 6.07) is 5.46. The minimum Gasteiger partial charge on any atom is -0.469 e. The standard InChI is InChI=1S/C19H19ClN4O3/c1-27-18(25)5-3-13-9-22-17-11-23(6-7-24(13)17)19(26)15-10-21-16-4-2-12(20)8-14(15)16/h2,4,8-10,21H,3,5-7,11H2,1H3. The Morgan fingerprint density at radius 1 is 1.33 bits per heavy atom. The van der Waals surface area contributed by atoms with Gasteiger partial charge in [0.2, 0.25) is 0 Å².